The minimum absolute atomic E-state index is 0.0110. The van der Waals surface area contributed by atoms with Crippen LogP contribution in [0.25, 0.3) is 0 Å². The number of aromatic nitrogens is 3. The molecule has 2 unspecified atom stereocenters. The number of nitrogens with one attached hydrogen (secondary N) is 1. The Bertz CT molecular complexity index is 1280. The zero-order valence-electron chi connectivity index (χ0n) is 21.9. The van der Waals surface area contributed by atoms with Gasteiger partial charge in [-0.3, -0.25) is 14.7 Å². The summed E-state index contributed by atoms with van der Waals surface area (Å²) in [5.41, 5.74) is 6.16. The van der Waals surface area contributed by atoms with Crippen LogP contribution in [0.2, 0.25) is 0 Å². The van der Waals surface area contributed by atoms with Crippen molar-refractivity contribution in [3.05, 3.63) is 77.6 Å². The summed E-state index contributed by atoms with van der Waals surface area (Å²) in [5.74, 6) is -1.50. The number of primary amides is 1. The molecule has 1 fully saturated rings. The molecular weight excluding hydrogens is 530 g/mol. The lowest BCUT2D eigenvalue weighted by Gasteiger charge is -2.39. The largest absolute Gasteiger partial charge is 0.416 e. The van der Waals surface area contributed by atoms with E-state index in [1.54, 1.807) is 36.4 Å². The number of nitrogens with zero attached hydrogens (tertiary/aromatic N) is 5. The number of carbonyl (C=O) groups is 1. The lowest BCUT2D eigenvalue weighted by Crippen LogP contribution is -2.50. The third-order valence-corrected chi connectivity index (χ3v) is 7.05. The first-order valence-electron chi connectivity index (χ1n) is 12.8. The van der Waals surface area contributed by atoms with E-state index in [9.17, 15) is 23.1 Å². The third kappa shape index (κ3) is 6.83. The van der Waals surface area contributed by atoms with Crippen LogP contribution in [0.3, 0.4) is 0 Å². The van der Waals surface area contributed by atoms with Crippen molar-refractivity contribution in [1.29, 1.82) is 0 Å². The van der Waals surface area contributed by atoms with E-state index in [2.05, 4.69) is 20.3 Å². The number of likely N-dealkylation sites (tertiary alicyclic amines) is 1. The lowest BCUT2D eigenvalue weighted by molar-refractivity contribution is -0.137. The molecule has 3 aromatic rings. The van der Waals surface area contributed by atoms with Crippen molar-refractivity contribution < 1.29 is 27.5 Å². The number of aliphatic hydroxyl groups excluding tert-OH is 1. The van der Waals surface area contributed by atoms with E-state index in [0.29, 0.717) is 30.6 Å². The molecule has 1 aliphatic rings. The maximum atomic E-state index is 15.4. The quantitative estimate of drug-likeness (QED) is 0.323. The highest BCUT2D eigenvalue weighted by Gasteiger charge is 2.35. The topological polar surface area (TPSA) is 120 Å². The van der Waals surface area contributed by atoms with Gasteiger partial charge in [-0.05, 0) is 55.3 Å². The number of amides is 1. The smallest absolute Gasteiger partial charge is 0.391 e. The van der Waals surface area contributed by atoms with E-state index in [1.165, 1.54) is 18.5 Å². The first-order valence-corrected chi connectivity index (χ1v) is 12.8. The average Bonchev–Trinajstić information content (AvgIpc) is 2.92. The molecule has 214 valence electrons. The van der Waals surface area contributed by atoms with Crippen LogP contribution in [-0.4, -0.2) is 63.1 Å². The van der Waals surface area contributed by atoms with Gasteiger partial charge in [-0.1, -0.05) is 12.1 Å². The monoisotopic (exact) mass is 561 g/mol. The van der Waals surface area contributed by atoms with Crippen molar-refractivity contribution in [3.63, 3.8) is 0 Å². The molecule has 0 spiro atoms. The van der Waals surface area contributed by atoms with Crippen LogP contribution in [0.4, 0.5) is 29.2 Å². The average molecular weight is 562 g/mol. The Hall–Kier alpha value is -3.84. The highest BCUT2D eigenvalue weighted by Crippen LogP contribution is 2.31. The summed E-state index contributed by atoms with van der Waals surface area (Å²) in [4.78, 5) is 27.6. The van der Waals surface area contributed by atoms with Gasteiger partial charge in [-0.25, -0.2) is 9.97 Å². The first-order chi connectivity index (χ1) is 19.1. The summed E-state index contributed by atoms with van der Waals surface area (Å²) >= 11 is 0. The Kier molecular flexibility index (Phi) is 9.15. The van der Waals surface area contributed by atoms with Crippen molar-refractivity contribution in [3.8, 4) is 0 Å². The van der Waals surface area contributed by atoms with Crippen LogP contribution in [-0.2, 0) is 17.5 Å². The number of piperidine rings is 1. The van der Waals surface area contributed by atoms with E-state index >= 15 is 4.39 Å². The van der Waals surface area contributed by atoms with Gasteiger partial charge in [0.15, 0.2) is 11.6 Å². The number of halogens is 4. The Morgan fingerprint density at radius 3 is 2.50 bits per heavy atom. The number of rotatable bonds is 10. The molecule has 0 bridgehead atoms. The molecular formula is C27H31F4N7O2. The van der Waals surface area contributed by atoms with E-state index in [1.807, 2.05) is 4.90 Å². The highest BCUT2D eigenvalue weighted by atomic mass is 19.4. The second-order valence-electron chi connectivity index (χ2n) is 9.65. The van der Waals surface area contributed by atoms with Crippen molar-refractivity contribution in [1.82, 2.24) is 19.9 Å². The summed E-state index contributed by atoms with van der Waals surface area (Å²) in [5, 5.41) is 13.8. The number of hydrogen-bond acceptors (Lipinski definition) is 8. The number of anilines is 2. The van der Waals surface area contributed by atoms with E-state index in [4.69, 9.17) is 5.73 Å². The number of nitrogens with two attached hydrogens (primary N) is 1. The standard InChI is InChI=1S/C27H31F4N7O2/c1-2-37(14-17-3-5-20(6-4-17)27(29,30)31)26-22(28)25(35-16-36-26)34-13-19-9-12-38(15-21(19)39)23(24(32)40)18-7-10-33-11-8-18/h3-8,10-11,16,19,21,23,39H,2,9,12-15H2,1H3,(H2,32,40)(H,34,35,36)/t19?,21-,23?/m1/s1. The fourth-order valence-corrected chi connectivity index (χ4v) is 4.87. The van der Waals surface area contributed by atoms with Crippen LogP contribution in [0.1, 0.15) is 36.1 Å². The van der Waals surface area contributed by atoms with Crippen molar-refractivity contribution >= 4 is 17.5 Å². The number of carbonyl (C=O) groups excluding carboxylic acids is 1. The fourth-order valence-electron chi connectivity index (χ4n) is 4.87. The summed E-state index contributed by atoms with van der Waals surface area (Å²) in [6.07, 6.45) is -0.353. The maximum Gasteiger partial charge on any atom is 0.416 e. The second kappa shape index (κ2) is 12.6. The molecule has 0 aliphatic carbocycles. The molecule has 3 heterocycles. The number of aliphatic hydroxyl groups is 1. The number of hydrogen-bond donors (Lipinski definition) is 3. The van der Waals surface area contributed by atoms with Crippen molar-refractivity contribution in [2.75, 3.05) is 36.4 Å². The molecule has 0 saturated carbocycles. The molecule has 3 atom stereocenters. The van der Waals surface area contributed by atoms with Crippen LogP contribution in [0.15, 0.2) is 55.1 Å². The molecule has 1 aliphatic heterocycles. The van der Waals surface area contributed by atoms with Gasteiger partial charge in [0.1, 0.15) is 12.4 Å². The van der Waals surface area contributed by atoms with Gasteiger partial charge in [0, 0.05) is 44.5 Å². The second-order valence-corrected chi connectivity index (χ2v) is 9.65. The van der Waals surface area contributed by atoms with Crippen molar-refractivity contribution in [2.45, 2.75) is 38.2 Å². The molecule has 9 nitrogen and oxygen atoms in total. The van der Waals surface area contributed by atoms with Gasteiger partial charge in [0.2, 0.25) is 11.7 Å². The minimum atomic E-state index is -4.43. The number of alkyl halides is 3. The van der Waals surface area contributed by atoms with Gasteiger partial charge >= 0.3 is 6.18 Å². The summed E-state index contributed by atoms with van der Waals surface area (Å²) in [7, 11) is 0. The van der Waals surface area contributed by atoms with E-state index < -0.39 is 35.6 Å². The third-order valence-electron chi connectivity index (χ3n) is 7.05. The molecule has 1 amide bonds. The molecule has 1 aromatic carbocycles. The van der Waals surface area contributed by atoms with Gasteiger partial charge in [-0.15, -0.1) is 0 Å². The zero-order valence-corrected chi connectivity index (χ0v) is 21.9. The first kappa shape index (κ1) is 29.2. The minimum Gasteiger partial charge on any atom is -0.391 e. The predicted molar refractivity (Wildman–Crippen MR) is 141 cm³/mol. The number of benzene rings is 1. The van der Waals surface area contributed by atoms with Crippen LogP contribution in [0.5, 0.6) is 0 Å². The molecule has 4 rings (SSSR count). The predicted octanol–water partition coefficient (Wildman–Crippen LogP) is 3.38. The summed E-state index contributed by atoms with van der Waals surface area (Å²) in [6.45, 7) is 3.21. The molecule has 1 saturated heterocycles. The fraction of sp³-hybridized carbons (Fsp3) is 0.407. The van der Waals surface area contributed by atoms with Crippen LogP contribution >= 0.6 is 0 Å². The van der Waals surface area contributed by atoms with Crippen molar-refractivity contribution in [2.24, 2.45) is 11.7 Å². The van der Waals surface area contributed by atoms with E-state index in [-0.39, 0.29) is 37.2 Å². The Morgan fingerprint density at radius 1 is 1.20 bits per heavy atom. The normalized spacial score (nSPS) is 18.8. The Balaban J connectivity index is 1.39. The van der Waals surface area contributed by atoms with Gasteiger partial charge in [0.05, 0.1) is 11.7 Å². The molecule has 13 heteroatoms. The van der Waals surface area contributed by atoms with Crippen LogP contribution in [0, 0.1) is 11.7 Å². The summed E-state index contributed by atoms with van der Waals surface area (Å²) in [6, 6.07) is 7.42. The summed E-state index contributed by atoms with van der Waals surface area (Å²) < 4.78 is 54.1. The SMILES string of the molecule is CCN(Cc1ccc(C(F)(F)F)cc1)c1ncnc(NCC2CCN(C(C(N)=O)c3ccncc3)C[C@H]2O)c1F. The zero-order chi connectivity index (χ0) is 28.9. The van der Waals surface area contributed by atoms with Gasteiger partial charge < -0.3 is 21.1 Å². The highest BCUT2D eigenvalue weighted by molar-refractivity contribution is 5.81. The van der Waals surface area contributed by atoms with Crippen LogP contribution < -0.4 is 16.0 Å². The number of β-amino-alcohol motifs (C(OH)–C–C–N with tert-alkyl or cyclic N) is 1. The number of pyridine rings is 1. The maximum absolute atomic E-state index is 15.4. The Labute approximate surface area is 229 Å². The molecule has 2 aromatic heterocycles. The van der Waals surface area contributed by atoms with E-state index in [0.717, 1.165) is 12.1 Å². The Morgan fingerprint density at radius 2 is 1.90 bits per heavy atom. The van der Waals surface area contributed by atoms with Gasteiger partial charge in [-0.2, -0.15) is 17.6 Å². The van der Waals surface area contributed by atoms with Gasteiger partial charge in [0.25, 0.3) is 0 Å². The molecule has 40 heavy (non-hydrogen) atoms. The molecule has 4 N–H and O–H groups in total. The molecule has 0 radical (unpaired) electrons. The lowest BCUT2D eigenvalue weighted by atomic mass is 9.91.